The Morgan fingerprint density at radius 1 is 0.700 bits per heavy atom. The van der Waals surface area contributed by atoms with Gasteiger partial charge in [0.1, 0.15) is 0 Å². The molecule has 0 nitrogen and oxygen atoms in total. The molecular weight excluding hydrogens is 367 g/mol. The molecule has 2 aromatic rings. The summed E-state index contributed by atoms with van der Waals surface area (Å²) in [5, 5.41) is 0. The average molecular weight is 407 g/mol. The molecule has 0 amide bonds. The molecule has 0 aromatic heterocycles. The molecule has 4 rings (SSSR count). The first kappa shape index (κ1) is 21.6. The van der Waals surface area contributed by atoms with Crippen LogP contribution in [-0.4, -0.2) is 6.67 Å². The highest BCUT2D eigenvalue weighted by molar-refractivity contribution is 5.64. The fourth-order valence-electron chi connectivity index (χ4n) is 6.07. The van der Waals surface area contributed by atoms with E-state index in [0.717, 1.165) is 30.1 Å². The van der Waals surface area contributed by atoms with Gasteiger partial charge in [-0.2, -0.15) is 0 Å². The predicted molar refractivity (Wildman–Crippen MR) is 127 cm³/mol. The zero-order valence-electron chi connectivity index (χ0n) is 18.8. The van der Waals surface area contributed by atoms with E-state index in [-0.39, 0.29) is 6.67 Å². The zero-order chi connectivity index (χ0) is 20.8. The van der Waals surface area contributed by atoms with Crippen LogP contribution >= 0.6 is 0 Å². The predicted octanol–water partition coefficient (Wildman–Crippen LogP) is 8.75. The van der Waals surface area contributed by atoms with Crippen molar-refractivity contribution >= 4 is 0 Å². The van der Waals surface area contributed by atoms with Crippen molar-refractivity contribution in [2.24, 2.45) is 17.8 Å². The van der Waals surface area contributed by atoms with Crippen LogP contribution in [0.5, 0.6) is 0 Å². The van der Waals surface area contributed by atoms with Gasteiger partial charge in [0.15, 0.2) is 0 Å². The third kappa shape index (κ3) is 5.34. The average Bonchev–Trinajstić information content (AvgIpc) is 2.83. The quantitative estimate of drug-likeness (QED) is 0.431. The van der Waals surface area contributed by atoms with Gasteiger partial charge in [-0.3, -0.25) is 4.39 Å². The molecule has 30 heavy (non-hydrogen) atoms. The number of halogens is 1. The van der Waals surface area contributed by atoms with Gasteiger partial charge < -0.3 is 0 Å². The summed E-state index contributed by atoms with van der Waals surface area (Å²) in [5.74, 6) is 3.78. The molecule has 1 heteroatoms. The van der Waals surface area contributed by atoms with Crippen molar-refractivity contribution in [3.63, 3.8) is 0 Å². The fourth-order valence-corrected chi connectivity index (χ4v) is 6.07. The minimum atomic E-state index is -0.231. The highest BCUT2D eigenvalue weighted by atomic mass is 19.1. The van der Waals surface area contributed by atoms with Gasteiger partial charge in [0.2, 0.25) is 0 Å². The Bertz CT molecular complexity index is 744. The second kappa shape index (κ2) is 10.6. The maximum absolute atomic E-state index is 12.4. The summed E-state index contributed by atoms with van der Waals surface area (Å²) in [7, 11) is 0. The molecule has 0 spiro atoms. The molecule has 2 aliphatic carbocycles. The standard InChI is InChI=1S/C29H39F/c1-2-22-5-9-24(10-6-22)26-13-17-28(18-14-26)29-19-15-27(16-20-29)25-11-7-23(8-12-25)4-3-21-30/h7-8,11-12,15-16,19-20,22,24,26,28H,2-6,9-10,13-14,17-18,21H2,1H3. The van der Waals surface area contributed by atoms with Crippen LogP contribution in [0.3, 0.4) is 0 Å². The summed E-state index contributed by atoms with van der Waals surface area (Å²) < 4.78 is 12.4. The second-order valence-electron chi connectivity index (χ2n) is 9.91. The molecule has 0 heterocycles. The Balaban J connectivity index is 1.30. The molecule has 0 aliphatic heterocycles. The first-order chi connectivity index (χ1) is 14.8. The molecule has 2 saturated carbocycles. The molecule has 0 saturated heterocycles. The van der Waals surface area contributed by atoms with Crippen molar-refractivity contribution in [3.05, 3.63) is 59.7 Å². The van der Waals surface area contributed by atoms with Crippen molar-refractivity contribution in [2.45, 2.75) is 83.5 Å². The molecule has 0 bridgehead atoms. The lowest BCUT2D eigenvalue weighted by atomic mass is 9.68. The molecule has 0 atom stereocenters. The van der Waals surface area contributed by atoms with Gasteiger partial charge in [-0.25, -0.2) is 0 Å². The van der Waals surface area contributed by atoms with E-state index in [1.807, 2.05) is 0 Å². The van der Waals surface area contributed by atoms with Crippen LogP contribution < -0.4 is 0 Å². The molecule has 162 valence electrons. The third-order valence-corrected chi connectivity index (χ3v) is 8.18. The van der Waals surface area contributed by atoms with Gasteiger partial charge in [-0.1, -0.05) is 74.7 Å². The Kier molecular flexibility index (Phi) is 7.63. The van der Waals surface area contributed by atoms with Gasteiger partial charge in [0.25, 0.3) is 0 Å². The molecule has 2 aromatic carbocycles. The van der Waals surface area contributed by atoms with E-state index in [1.165, 1.54) is 80.0 Å². The van der Waals surface area contributed by atoms with Crippen LogP contribution in [0.4, 0.5) is 4.39 Å². The lowest BCUT2D eigenvalue weighted by molar-refractivity contribution is 0.158. The highest BCUT2D eigenvalue weighted by Gasteiger charge is 2.30. The smallest absolute Gasteiger partial charge is 0.0897 e. The molecule has 0 unspecified atom stereocenters. The zero-order valence-corrected chi connectivity index (χ0v) is 18.8. The number of hydrogen-bond acceptors (Lipinski definition) is 0. The molecular formula is C29H39F. The normalized spacial score (nSPS) is 27.1. The summed E-state index contributed by atoms with van der Waals surface area (Å²) >= 11 is 0. The largest absolute Gasteiger partial charge is 0.251 e. The fraction of sp³-hybridized carbons (Fsp3) is 0.586. The number of benzene rings is 2. The van der Waals surface area contributed by atoms with Gasteiger partial charge in [-0.05, 0) is 97.3 Å². The first-order valence-corrected chi connectivity index (χ1v) is 12.5. The molecule has 2 aliphatic rings. The van der Waals surface area contributed by atoms with Crippen LogP contribution in [0, 0.1) is 17.8 Å². The van der Waals surface area contributed by atoms with Gasteiger partial charge in [-0.15, -0.1) is 0 Å². The number of alkyl halides is 1. The van der Waals surface area contributed by atoms with Crippen molar-refractivity contribution < 1.29 is 4.39 Å². The maximum Gasteiger partial charge on any atom is 0.0897 e. The Hall–Kier alpha value is -1.63. The summed E-state index contributed by atoms with van der Waals surface area (Å²) in [6, 6.07) is 18.0. The van der Waals surface area contributed by atoms with Crippen LogP contribution in [0.1, 0.15) is 88.2 Å². The van der Waals surface area contributed by atoms with E-state index >= 15 is 0 Å². The van der Waals surface area contributed by atoms with Crippen LogP contribution in [0.15, 0.2) is 48.5 Å². The summed E-state index contributed by atoms with van der Waals surface area (Å²) in [4.78, 5) is 0. The molecule has 0 N–H and O–H groups in total. The number of aryl methyl sites for hydroxylation is 1. The highest BCUT2D eigenvalue weighted by Crippen LogP contribution is 2.44. The Morgan fingerprint density at radius 3 is 1.77 bits per heavy atom. The van der Waals surface area contributed by atoms with E-state index in [1.54, 1.807) is 0 Å². The lowest BCUT2D eigenvalue weighted by Gasteiger charge is -2.38. The minimum absolute atomic E-state index is 0.231. The van der Waals surface area contributed by atoms with E-state index in [0.29, 0.717) is 6.42 Å². The minimum Gasteiger partial charge on any atom is -0.251 e. The van der Waals surface area contributed by atoms with Crippen LogP contribution in [0.2, 0.25) is 0 Å². The monoisotopic (exact) mass is 406 g/mol. The second-order valence-corrected chi connectivity index (χ2v) is 9.91. The maximum atomic E-state index is 12.4. The van der Waals surface area contributed by atoms with Crippen LogP contribution in [0.25, 0.3) is 11.1 Å². The lowest BCUT2D eigenvalue weighted by Crippen LogP contribution is -2.25. The van der Waals surface area contributed by atoms with E-state index in [2.05, 4.69) is 55.5 Å². The van der Waals surface area contributed by atoms with Crippen molar-refractivity contribution in [2.75, 3.05) is 6.67 Å². The topological polar surface area (TPSA) is 0 Å². The van der Waals surface area contributed by atoms with Crippen molar-refractivity contribution in [3.8, 4) is 11.1 Å². The van der Waals surface area contributed by atoms with Gasteiger partial charge in [0, 0.05) is 0 Å². The van der Waals surface area contributed by atoms with E-state index < -0.39 is 0 Å². The number of rotatable bonds is 7. The van der Waals surface area contributed by atoms with Gasteiger partial charge >= 0.3 is 0 Å². The Labute approximate surface area is 183 Å². The van der Waals surface area contributed by atoms with Gasteiger partial charge in [0.05, 0.1) is 6.67 Å². The van der Waals surface area contributed by atoms with E-state index in [4.69, 9.17) is 0 Å². The Morgan fingerprint density at radius 2 is 1.23 bits per heavy atom. The number of hydrogen-bond donors (Lipinski definition) is 0. The summed E-state index contributed by atoms with van der Waals surface area (Å²) in [6.07, 6.45) is 14.4. The van der Waals surface area contributed by atoms with Crippen LogP contribution in [-0.2, 0) is 6.42 Å². The first-order valence-electron chi connectivity index (χ1n) is 12.5. The SMILES string of the molecule is CCC1CCC(C2CCC(c3ccc(-c4ccc(CCCF)cc4)cc3)CC2)CC1. The summed E-state index contributed by atoms with van der Waals surface area (Å²) in [5.41, 5.74) is 5.31. The van der Waals surface area contributed by atoms with Crippen molar-refractivity contribution in [1.29, 1.82) is 0 Å². The molecule has 2 fully saturated rings. The van der Waals surface area contributed by atoms with Crippen molar-refractivity contribution in [1.82, 2.24) is 0 Å². The van der Waals surface area contributed by atoms with E-state index in [9.17, 15) is 4.39 Å². The third-order valence-electron chi connectivity index (χ3n) is 8.18. The molecule has 0 radical (unpaired) electrons. The summed E-state index contributed by atoms with van der Waals surface area (Å²) in [6.45, 7) is 2.14.